The second kappa shape index (κ2) is 7.00. The summed E-state index contributed by atoms with van der Waals surface area (Å²) >= 11 is 1.84. The maximum absolute atomic E-state index is 10.8. The molecule has 0 atom stereocenters. The molecule has 2 nitrogen and oxygen atoms in total. The molecule has 0 unspecified atom stereocenters. The Morgan fingerprint density at radius 2 is 1.74 bits per heavy atom. The molecule has 0 fully saturated rings. The van der Waals surface area contributed by atoms with Crippen molar-refractivity contribution in [1.82, 2.24) is 0 Å². The topological polar surface area (TPSA) is 26.3 Å². The minimum Gasteiger partial charge on any atom is -0.427 e. The first-order valence-corrected chi connectivity index (χ1v) is 7.18. The summed E-state index contributed by atoms with van der Waals surface area (Å²) in [6.45, 7) is 1.41. The van der Waals surface area contributed by atoms with Crippen LogP contribution in [0.4, 0.5) is 0 Å². The van der Waals surface area contributed by atoms with Crippen LogP contribution in [0, 0.1) is 0 Å². The van der Waals surface area contributed by atoms with Gasteiger partial charge in [0.15, 0.2) is 0 Å². The van der Waals surface area contributed by atoms with E-state index >= 15 is 0 Å². The van der Waals surface area contributed by atoms with E-state index in [2.05, 4.69) is 24.3 Å². The van der Waals surface area contributed by atoms with Gasteiger partial charge in [-0.2, -0.15) is 0 Å². The Morgan fingerprint density at radius 1 is 1.05 bits per heavy atom. The lowest BCUT2D eigenvalue weighted by molar-refractivity contribution is -0.131. The van der Waals surface area contributed by atoms with E-state index in [4.69, 9.17) is 4.74 Å². The molecule has 2 rings (SSSR count). The molecular formula is C16H16O2S. The van der Waals surface area contributed by atoms with E-state index in [1.165, 1.54) is 17.4 Å². The van der Waals surface area contributed by atoms with Crippen molar-refractivity contribution in [1.29, 1.82) is 0 Å². The Kier molecular flexibility index (Phi) is 5.04. The van der Waals surface area contributed by atoms with Gasteiger partial charge in [-0.15, -0.1) is 11.8 Å². The highest BCUT2D eigenvalue weighted by atomic mass is 32.2. The van der Waals surface area contributed by atoms with Gasteiger partial charge in [0, 0.05) is 17.6 Å². The molecule has 0 saturated carbocycles. The van der Waals surface area contributed by atoms with Gasteiger partial charge in [-0.25, -0.2) is 0 Å². The Morgan fingerprint density at radius 3 is 2.37 bits per heavy atom. The minimum atomic E-state index is -0.285. The van der Waals surface area contributed by atoms with Crippen molar-refractivity contribution in [3.8, 4) is 5.75 Å². The largest absolute Gasteiger partial charge is 0.427 e. The van der Waals surface area contributed by atoms with Gasteiger partial charge in [-0.1, -0.05) is 30.3 Å². The third kappa shape index (κ3) is 4.79. The normalized spacial score (nSPS) is 10.2. The van der Waals surface area contributed by atoms with Gasteiger partial charge in [0.2, 0.25) is 0 Å². The van der Waals surface area contributed by atoms with Crippen molar-refractivity contribution in [2.45, 2.75) is 18.2 Å². The summed E-state index contributed by atoms with van der Waals surface area (Å²) in [6, 6.07) is 18.1. The van der Waals surface area contributed by atoms with Crippen molar-refractivity contribution in [3.05, 3.63) is 60.2 Å². The van der Waals surface area contributed by atoms with Gasteiger partial charge in [0.1, 0.15) is 5.75 Å². The fourth-order valence-electron chi connectivity index (χ4n) is 1.69. The highest BCUT2D eigenvalue weighted by molar-refractivity contribution is 7.99. The smallest absolute Gasteiger partial charge is 0.308 e. The number of thioether (sulfide) groups is 1. The number of rotatable bonds is 5. The number of ether oxygens (including phenoxy) is 1. The number of hydrogen-bond acceptors (Lipinski definition) is 3. The standard InChI is InChI=1S/C16H16O2S/c1-13(17)18-15-9-7-14(8-10-15)11-12-19-16-5-3-2-4-6-16/h2-10H,11-12H2,1H3. The molecule has 0 radical (unpaired) electrons. The van der Waals surface area contributed by atoms with E-state index in [0.29, 0.717) is 5.75 Å². The van der Waals surface area contributed by atoms with Crippen LogP contribution in [0.2, 0.25) is 0 Å². The van der Waals surface area contributed by atoms with Crippen LogP contribution in [-0.4, -0.2) is 11.7 Å². The van der Waals surface area contributed by atoms with Crippen LogP contribution in [0.1, 0.15) is 12.5 Å². The first-order chi connectivity index (χ1) is 9.24. The van der Waals surface area contributed by atoms with Gasteiger partial charge in [0.25, 0.3) is 0 Å². The van der Waals surface area contributed by atoms with Gasteiger partial charge >= 0.3 is 5.97 Å². The fraction of sp³-hybridized carbons (Fsp3) is 0.188. The van der Waals surface area contributed by atoms with E-state index < -0.39 is 0 Å². The fourth-order valence-corrected chi connectivity index (χ4v) is 2.62. The van der Waals surface area contributed by atoms with Gasteiger partial charge in [0.05, 0.1) is 0 Å². The number of aryl methyl sites for hydroxylation is 1. The molecule has 0 aliphatic heterocycles. The molecule has 0 aliphatic rings. The third-order valence-electron chi connectivity index (χ3n) is 2.59. The summed E-state index contributed by atoms with van der Waals surface area (Å²) in [6.07, 6.45) is 1.000. The van der Waals surface area contributed by atoms with Gasteiger partial charge in [-0.3, -0.25) is 4.79 Å². The molecule has 2 aromatic rings. The van der Waals surface area contributed by atoms with Gasteiger partial charge in [-0.05, 0) is 36.2 Å². The lowest BCUT2D eigenvalue weighted by atomic mass is 10.2. The van der Waals surface area contributed by atoms with Crippen molar-refractivity contribution >= 4 is 17.7 Å². The molecule has 0 spiro atoms. The molecular weight excluding hydrogens is 256 g/mol. The predicted molar refractivity (Wildman–Crippen MR) is 78.6 cm³/mol. The van der Waals surface area contributed by atoms with Crippen LogP contribution in [0.5, 0.6) is 5.75 Å². The first-order valence-electron chi connectivity index (χ1n) is 6.19. The third-order valence-corrected chi connectivity index (χ3v) is 3.60. The summed E-state index contributed by atoms with van der Waals surface area (Å²) in [7, 11) is 0. The van der Waals surface area contributed by atoms with Crippen LogP contribution >= 0.6 is 11.8 Å². The molecule has 0 amide bonds. The SMILES string of the molecule is CC(=O)Oc1ccc(CCSc2ccccc2)cc1. The zero-order valence-electron chi connectivity index (χ0n) is 10.8. The predicted octanol–water partition coefficient (Wildman–Crippen LogP) is 3.95. The molecule has 0 bridgehead atoms. The molecule has 0 N–H and O–H groups in total. The molecule has 0 saturated heterocycles. The second-order valence-corrected chi connectivity index (χ2v) is 5.32. The maximum atomic E-state index is 10.8. The molecule has 19 heavy (non-hydrogen) atoms. The monoisotopic (exact) mass is 272 g/mol. The minimum absolute atomic E-state index is 0.285. The Labute approximate surface area is 117 Å². The summed E-state index contributed by atoms with van der Waals surface area (Å²) in [5, 5.41) is 0. The first kappa shape index (κ1) is 13.7. The zero-order valence-corrected chi connectivity index (χ0v) is 11.7. The van der Waals surface area contributed by atoms with E-state index in [1.54, 1.807) is 0 Å². The highest BCUT2D eigenvalue weighted by Gasteiger charge is 1.99. The van der Waals surface area contributed by atoms with Crippen molar-refractivity contribution < 1.29 is 9.53 Å². The molecule has 3 heteroatoms. The van der Waals surface area contributed by atoms with E-state index in [-0.39, 0.29) is 5.97 Å². The molecule has 98 valence electrons. The summed E-state index contributed by atoms with van der Waals surface area (Å²) in [5.41, 5.74) is 1.25. The van der Waals surface area contributed by atoms with Crippen molar-refractivity contribution in [2.24, 2.45) is 0 Å². The number of carbonyl (C=O) groups is 1. The Balaban J connectivity index is 1.81. The average Bonchev–Trinajstić information content (AvgIpc) is 2.41. The van der Waals surface area contributed by atoms with Crippen LogP contribution < -0.4 is 4.74 Å². The molecule has 0 aromatic heterocycles. The summed E-state index contributed by atoms with van der Waals surface area (Å²) in [4.78, 5) is 12.1. The number of esters is 1. The van der Waals surface area contributed by atoms with Crippen LogP contribution in [-0.2, 0) is 11.2 Å². The number of carbonyl (C=O) groups excluding carboxylic acids is 1. The van der Waals surface area contributed by atoms with E-state index in [9.17, 15) is 4.79 Å². The second-order valence-electron chi connectivity index (χ2n) is 4.15. The zero-order chi connectivity index (χ0) is 13.5. The maximum Gasteiger partial charge on any atom is 0.308 e. The quantitative estimate of drug-likeness (QED) is 0.468. The highest BCUT2D eigenvalue weighted by Crippen LogP contribution is 2.19. The molecule has 0 aliphatic carbocycles. The molecule has 0 heterocycles. The summed E-state index contributed by atoms with van der Waals surface area (Å²) < 4.78 is 5.00. The van der Waals surface area contributed by atoms with E-state index in [0.717, 1.165) is 12.2 Å². The Hall–Kier alpha value is -1.74. The van der Waals surface area contributed by atoms with E-state index in [1.807, 2.05) is 42.1 Å². The average molecular weight is 272 g/mol. The van der Waals surface area contributed by atoms with Gasteiger partial charge < -0.3 is 4.74 Å². The molecule has 2 aromatic carbocycles. The van der Waals surface area contributed by atoms with Crippen LogP contribution in [0.25, 0.3) is 0 Å². The van der Waals surface area contributed by atoms with Crippen LogP contribution in [0.3, 0.4) is 0 Å². The number of benzene rings is 2. The van der Waals surface area contributed by atoms with Crippen molar-refractivity contribution in [2.75, 3.05) is 5.75 Å². The lowest BCUT2D eigenvalue weighted by Gasteiger charge is -2.04. The Bertz CT molecular complexity index is 520. The van der Waals surface area contributed by atoms with Crippen molar-refractivity contribution in [3.63, 3.8) is 0 Å². The lowest BCUT2D eigenvalue weighted by Crippen LogP contribution is -2.01. The van der Waals surface area contributed by atoms with Crippen LogP contribution in [0.15, 0.2) is 59.5 Å². The number of hydrogen-bond donors (Lipinski definition) is 0. The summed E-state index contributed by atoms with van der Waals surface area (Å²) in [5.74, 6) is 1.36.